The van der Waals surface area contributed by atoms with Crippen LogP contribution >= 0.6 is 0 Å². The number of aromatic nitrogens is 2. The lowest BCUT2D eigenvalue weighted by molar-refractivity contribution is 0.306. The first-order valence-electron chi connectivity index (χ1n) is 9.45. The third-order valence-electron chi connectivity index (χ3n) is 4.34. The number of benzene rings is 3. The topological polar surface area (TPSA) is 59.1 Å². The summed E-state index contributed by atoms with van der Waals surface area (Å²) >= 11 is 0. The molecule has 0 atom stereocenters. The fourth-order valence-electron chi connectivity index (χ4n) is 2.78. The highest BCUT2D eigenvalue weighted by atomic mass is 16.5. The molecule has 0 bridgehead atoms. The van der Waals surface area contributed by atoms with Crippen molar-refractivity contribution in [3.63, 3.8) is 0 Å². The highest BCUT2D eigenvalue weighted by molar-refractivity contribution is 5.60. The number of nitrogens with zero attached hydrogens (tertiary/aromatic N) is 2. The van der Waals surface area contributed by atoms with Crippen LogP contribution in [0.15, 0.2) is 91.1 Å². The van der Waals surface area contributed by atoms with Crippen molar-refractivity contribution in [3.8, 4) is 5.75 Å². The van der Waals surface area contributed by atoms with E-state index < -0.39 is 0 Å². The molecule has 4 aromatic rings. The maximum atomic E-state index is 5.83. The fraction of sp³-hybridized carbons (Fsp3) is 0.0833. The molecule has 2 N–H and O–H groups in total. The Hall–Kier alpha value is -3.86. The molecule has 5 heteroatoms. The molecule has 1 aromatic heterocycles. The number of hydrogen-bond acceptors (Lipinski definition) is 5. The van der Waals surface area contributed by atoms with E-state index in [1.165, 1.54) is 5.56 Å². The maximum absolute atomic E-state index is 5.83. The first kappa shape index (κ1) is 18.5. The Morgan fingerprint density at radius 3 is 2.21 bits per heavy atom. The molecular formula is C24H22N4O. The molecule has 0 aliphatic carbocycles. The third kappa shape index (κ3) is 5.32. The zero-order chi connectivity index (χ0) is 19.9. The van der Waals surface area contributed by atoms with E-state index >= 15 is 0 Å². The van der Waals surface area contributed by atoms with Crippen LogP contribution in [0.1, 0.15) is 11.1 Å². The second-order valence-corrected chi connectivity index (χ2v) is 6.68. The summed E-state index contributed by atoms with van der Waals surface area (Å²) in [4.78, 5) is 8.80. The normalized spacial score (nSPS) is 10.4. The van der Waals surface area contributed by atoms with Gasteiger partial charge in [-0.25, -0.2) is 4.98 Å². The molecule has 0 saturated heterocycles. The van der Waals surface area contributed by atoms with Crippen molar-refractivity contribution in [1.29, 1.82) is 0 Å². The molecule has 1 heterocycles. The Kier molecular flexibility index (Phi) is 5.67. The number of aryl methyl sites for hydroxylation is 1. The molecule has 3 aromatic carbocycles. The lowest BCUT2D eigenvalue weighted by Gasteiger charge is -2.10. The average molecular weight is 382 g/mol. The highest BCUT2D eigenvalue weighted by Crippen LogP contribution is 2.21. The van der Waals surface area contributed by atoms with Crippen molar-refractivity contribution >= 4 is 23.1 Å². The molecule has 0 aliphatic heterocycles. The summed E-state index contributed by atoms with van der Waals surface area (Å²) in [6, 6.07) is 27.9. The second kappa shape index (κ2) is 8.89. The Labute approximate surface area is 170 Å². The minimum Gasteiger partial charge on any atom is -0.489 e. The van der Waals surface area contributed by atoms with Crippen molar-refractivity contribution < 1.29 is 4.74 Å². The van der Waals surface area contributed by atoms with Crippen molar-refractivity contribution in [2.45, 2.75) is 13.5 Å². The first-order valence-corrected chi connectivity index (χ1v) is 9.45. The fourth-order valence-corrected chi connectivity index (χ4v) is 2.78. The van der Waals surface area contributed by atoms with Crippen LogP contribution in [-0.2, 0) is 6.61 Å². The Balaban J connectivity index is 1.37. The minimum atomic E-state index is 0.543. The van der Waals surface area contributed by atoms with Crippen molar-refractivity contribution in [2.24, 2.45) is 0 Å². The van der Waals surface area contributed by atoms with Crippen LogP contribution in [0, 0.1) is 6.92 Å². The van der Waals surface area contributed by atoms with Gasteiger partial charge < -0.3 is 15.4 Å². The van der Waals surface area contributed by atoms with Gasteiger partial charge in [0.25, 0.3) is 0 Å². The van der Waals surface area contributed by atoms with E-state index in [0.29, 0.717) is 18.4 Å². The quantitative estimate of drug-likeness (QED) is 0.420. The number of rotatable bonds is 7. The Morgan fingerprint density at radius 2 is 1.45 bits per heavy atom. The largest absolute Gasteiger partial charge is 0.489 e. The van der Waals surface area contributed by atoms with Crippen LogP contribution in [0.2, 0.25) is 0 Å². The van der Waals surface area contributed by atoms with E-state index in [-0.39, 0.29) is 0 Å². The molecule has 4 rings (SSSR count). The van der Waals surface area contributed by atoms with Gasteiger partial charge in [0.05, 0.1) is 0 Å². The summed E-state index contributed by atoms with van der Waals surface area (Å²) in [5, 5.41) is 6.51. The zero-order valence-corrected chi connectivity index (χ0v) is 16.2. The van der Waals surface area contributed by atoms with E-state index in [0.717, 1.165) is 22.7 Å². The summed E-state index contributed by atoms with van der Waals surface area (Å²) in [5.41, 5.74) is 4.23. The van der Waals surface area contributed by atoms with Gasteiger partial charge in [-0.3, -0.25) is 0 Å². The first-order chi connectivity index (χ1) is 14.2. The Morgan fingerprint density at radius 1 is 0.759 bits per heavy atom. The number of hydrogen-bond donors (Lipinski definition) is 2. The van der Waals surface area contributed by atoms with Crippen molar-refractivity contribution in [1.82, 2.24) is 9.97 Å². The van der Waals surface area contributed by atoms with E-state index in [1.807, 2.05) is 84.9 Å². The smallest absolute Gasteiger partial charge is 0.229 e. The van der Waals surface area contributed by atoms with Gasteiger partial charge in [-0.2, -0.15) is 4.98 Å². The molecule has 5 nitrogen and oxygen atoms in total. The lowest BCUT2D eigenvalue weighted by Crippen LogP contribution is -2.00. The van der Waals surface area contributed by atoms with Gasteiger partial charge in [0, 0.05) is 17.6 Å². The van der Waals surface area contributed by atoms with Gasteiger partial charge in [-0.1, -0.05) is 48.0 Å². The number of nitrogens with one attached hydrogen (secondary N) is 2. The monoisotopic (exact) mass is 382 g/mol. The average Bonchev–Trinajstić information content (AvgIpc) is 2.76. The molecule has 0 spiro atoms. The zero-order valence-electron chi connectivity index (χ0n) is 16.2. The Bertz CT molecular complexity index is 1050. The summed E-state index contributed by atoms with van der Waals surface area (Å²) < 4.78 is 5.83. The van der Waals surface area contributed by atoms with Gasteiger partial charge in [-0.15, -0.1) is 0 Å². The van der Waals surface area contributed by atoms with Crippen LogP contribution in [0.3, 0.4) is 0 Å². The van der Waals surface area contributed by atoms with Gasteiger partial charge in [0.1, 0.15) is 18.2 Å². The molecule has 0 saturated carbocycles. The molecule has 29 heavy (non-hydrogen) atoms. The van der Waals surface area contributed by atoms with Crippen LogP contribution in [0.25, 0.3) is 0 Å². The molecule has 0 unspecified atom stereocenters. The van der Waals surface area contributed by atoms with Crippen LogP contribution in [-0.4, -0.2) is 9.97 Å². The molecule has 0 aliphatic rings. The lowest BCUT2D eigenvalue weighted by atomic mass is 10.2. The van der Waals surface area contributed by atoms with E-state index in [2.05, 4.69) is 27.5 Å². The van der Waals surface area contributed by atoms with Gasteiger partial charge in [0.15, 0.2) is 0 Å². The van der Waals surface area contributed by atoms with Crippen LogP contribution < -0.4 is 15.4 Å². The standard InChI is InChI=1S/C24H22N4O/c1-18-7-9-21(10-8-18)27-24-25-16-15-23(28-24)26-20-11-13-22(14-12-20)29-17-19-5-3-2-4-6-19/h2-16H,17H2,1H3,(H2,25,26,27,28). The third-order valence-corrected chi connectivity index (χ3v) is 4.34. The summed E-state index contributed by atoms with van der Waals surface area (Å²) in [6.45, 7) is 2.61. The predicted octanol–water partition coefficient (Wildman–Crippen LogP) is 5.85. The second-order valence-electron chi connectivity index (χ2n) is 6.68. The maximum Gasteiger partial charge on any atom is 0.229 e. The molecular weight excluding hydrogens is 360 g/mol. The van der Waals surface area contributed by atoms with Crippen molar-refractivity contribution in [3.05, 3.63) is 102 Å². The molecule has 144 valence electrons. The van der Waals surface area contributed by atoms with E-state index in [9.17, 15) is 0 Å². The number of ether oxygens (including phenoxy) is 1. The van der Waals surface area contributed by atoms with E-state index in [1.54, 1.807) is 6.20 Å². The van der Waals surface area contributed by atoms with Gasteiger partial charge in [0.2, 0.25) is 5.95 Å². The van der Waals surface area contributed by atoms with Gasteiger partial charge >= 0.3 is 0 Å². The summed E-state index contributed by atoms with van der Waals surface area (Å²) in [6.07, 6.45) is 1.73. The molecule has 0 radical (unpaired) electrons. The van der Waals surface area contributed by atoms with Crippen LogP contribution in [0.4, 0.5) is 23.1 Å². The number of anilines is 4. The molecule has 0 amide bonds. The SMILES string of the molecule is Cc1ccc(Nc2nccc(Nc3ccc(OCc4ccccc4)cc3)n2)cc1. The predicted molar refractivity (Wildman–Crippen MR) is 117 cm³/mol. The van der Waals surface area contributed by atoms with Crippen molar-refractivity contribution in [2.75, 3.05) is 10.6 Å². The minimum absolute atomic E-state index is 0.543. The van der Waals surface area contributed by atoms with Crippen LogP contribution in [0.5, 0.6) is 5.75 Å². The molecule has 0 fully saturated rings. The summed E-state index contributed by atoms with van der Waals surface area (Å²) in [7, 11) is 0. The van der Waals surface area contributed by atoms with E-state index in [4.69, 9.17) is 4.74 Å². The summed E-state index contributed by atoms with van der Waals surface area (Å²) in [5.74, 6) is 2.08. The highest BCUT2D eigenvalue weighted by Gasteiger charge is 2.02. The van der Waals surface area contributed by atoms with Gasteiger partial charge in [-0.05, 0) is 55.0 Å².